The van der Waals surface area contributed by atoms with Gasteiger partial charge in [-0.05, 0) is 5.56 Å². The topological polar surface area (TPSA) is 75.0 Å². The van der Waals surface area contributed by atoms with E-state index < -0.39 is 5.69 Å². The van der Waals surface area contributed by atoms with Crippen LogP contribution in [0, 0.1) is 0 Å². The molecule has 0 amide bonds. The second-order valence-electron chi connectivity index (χ2n) is 4.28. The van der Waals surface area contributed by atoms with E-state index in [4.69, 9.17) is 4.74 Å². The van der Waals surface area contributed by atoms with Crippen LogP contribution < -0.4 is 11.2 Å². The van der Waals surface area contributed by atoms with Crippen molar-refractivity contribution in [3.05, 3.63) is 68.0 Å². The number of rotatable bonds is 1. The summed E-state index contributed by atoms with van der Waals surface area (Å²) in [6, 6.07) is 9.70. The van der Waals surface area contributed by atoms with Crippen LogP contribution in [0.25, 0.3) is 0 Å². The Balaban J connectivity index is 2.18. The lowest BCUT2D eigenvalue weighted by Gasteiger charge is -2.24. The summed E-state index contributed by atoms with van der Waals surface area (Å²) in [4.78, 5) is 28.0. The van der Waals surface area contributed by atoms with Crippen molar-refractivity contribution in [2.24, 2.45) is 0 Å². The number of nitrogens with one attached hydrogen (secondary N) is 2. The van der Waals surface area contributed by atoms with Crippen molar-refractivity contribution in [1.29, 1.82) is 0 Å². The molecule has 0 saturated carbocycles. The van der Waals surface area contributed by atoms with Gasteiger partial charge in [-0.1, -0.05) is 30.3 Å². The molecule has 5 nitrogen and oxygen atoms in total. The normalized spacial score (nSPS) is 18.3. The summed E-state index contributed by atoms with van der Waals surface area (Å²) in [7, 11) is 0. The van der Waals surface area contributed by atoms with E-state index in [9.17, 15) is 9.59 Å². The summed E-state index contributed by atoms with van der Waals surface area (Å²) >= 11 is 0. The lowest BCUT2D eigenvalue weighted by atomic mass is 9.92. The molecule has 2 aromatic rings. The number of aromatic amines is 2. The Morgan fingerprint density at radius 2 is 1.89 bits per heavy atom. The van der Waals surface area contributed by atoms with Gasteiger partial charge in [0.05, 0.1) is 18.8 Å². The second kappa shape index (κ2) is 4.27. The molecule has 1 atom stereocenters. The largest absolute Gasteiger partial charge is 0.375 e. The first-order chi connectivity index (χ1) is 8.75. The van der Waals surface area contributed by atoms with Crippen molar-refractivity contribution in [3.8, 4) is 0 Å². The summed E-state index contributed by atoms with van der Waals surface area (Å²) < 4.78 is 5.44. The highest BCUT2D eigenvalue weighted by Crippen LogP contribution is 2.28. The minimum Gasteiger partial charge on any atom is -0.375 e. The Labute approximate surface area is 102 Å². The molecule has 1 aliphatic rings. The molecule has 1 aliphatic heterocycles. The molecule has 0 spiro atoms. The van der Waals surface area contributed by atoms with Gasteiger partial charge in [0.15, 0.2) is 0 Å². The highest BCUT2D eigenvalue weighted by atomic mass is 16.5. The van der Waals surface area contributed by atoms with Crippen LogP contribution >= 0.6 is 0 Å². The van der Waals surface area contributed by atoms with Gasteiger partial charge in [0, 0.05) is 11.6 Å². The molecule has 18 heavy (non-hydrogen) atoms. The zero-order valence-electron chi connectivity index (χ0n) is 9.60. The van der Waals surface area contributed by atoms with E-state index in [2.05, 4.69) is 9.97 Å². The van der Waals surface area contributed by atoms with Crippen LogP contribution in [0.2, 0.25) is 0 Å². The quantitative estimate of drug-likeness (QED) is 0.776. The van der Waals surface area contributed by atoms with Crippen molar-refractivity contribution in [2.75, 3.05) is 6.61 Å². The number of fused-ring (bicyclic) bond motifs is 1. The van der Waals surface area contributed by atoms with Crippen molar-refractivity contribution >= 4 is 0 Å². The number of hydrogen-bond donors (Lipinski definition) is 2. The van der Waals surface area contributed by atoms with E-state index in [1.54, 1.807) is 0 Å². The standard InChI is InChI=1S/C13H12N2O3/c16-12-10-7-18-6-9(8-4-2-1-3-5-8)11(10)14-13(17)15-12/h1-5,9H,6-7H2,(H2,14,15,16,17). The molecule has 0 radical (unpaired) electrons. The fraction of sp³-hybridized carbons (Fsp3) is 0.231. The second-order valence-corrected chi connectivity index (χ2v) is 4.28. The van der Waals surface area contributed by atoms with E-state index in [0.717, 1.165) is 5.56 Å². The molecule has 0 saturated heterocycles. The summed E-state index contributed by atoms with van der Waals surface area (Å²) in [6.45, 7) is 0.710. The molecular weight excluding hydrogens is 232 g/mol. The molecule has 3 rings (SSSR count). The van der Waals surface area contributed by atoms with Gasteiger partial charge < -0.3 is 9.72 Å². The molecule has 1 aromatic carbocycles. The molecule has 92 valence electrons. The van der Waals surface area contributed by atoms with Gasteiger partial charge in [0.2, 0.25) is 0 Å². The third-order valence-electron chi connectivity index (χ3n) is 3.16. The average molecular weight is 244 g/mol. The lowest BCUT2D eigenvalue weighted by Crippen LogP contribution is -2.33. The Bertz CT molecular complexity index is 673. The molecule has 0 aliphatic carbocycles. The van der Waals surface area contributed by atoms with Crippen LogP contribution in [0.15, 0.2) is 39.9 Å². The van der Waals surface area contributed by atoms with Crippen molar-refractivity contribution in [1.82, 2.24) is 9.97 Å². The van der Waals surface area contributed by atoms with Crippen LogP contribution in [0.3, 0.4) is 0 Å². The first kappa shape index (κ1) is 11.0. The first-order valence-electron chi connectivity index (χ1n) is 5.74. The highest BCUT2D eigenvalue weighted by molar-refractivity contribution is 5.33. The van der Waals surface area contributed by atoms with Crippen LogP contribution in [0.4, 0.5) is 0 Å². The van der Waals surface area contributed by atoms with Crippen LogP contribution in [0.5, 0.6) is 0 Å². The third-order valence-corrected chi connectivity index (χ3v) is 3.16. The molecule has 5 heteroatoms. The summed E-state index contributed by atoms with van der Waals surface area (Å²) in [5.41, 5.74) is 1.37. The van der Waals surface area contributed by atoms with Crippen molar-refractivity contribution < 1.29 is 4.74 Å². The van der Waals surface area contributed by atoms with Crippen LogP contribution in [-0.4, -0.2) is 16.6 Å². The van der Waals surface area contributed by atoms with E-state index in [1.807, 2.05) is 30.3 Å². The Morgan fingerprint density at radius 1 is 1.11 bits per heavy atom. The monoisotopic (exact) mass is 244 g/mol. The maximum Gasteiger partial charge on any atom is 0.325 e. The minimum absolute atomic E-state index is 0.0926. The van der Waals surface area contributed by atoms with E-state index in [1.165, 1.54) is 0 Å². The molecular formula is C13H12N2O3. The molecule has 0 fully saturated rings. The number of H-pyrrole nitrogens is 2. The molecule has 2 N–H and O–H groups in total. The van der Waals surface area contributed by atoms with Crippen molar-refractivity contribution in [3.63, 3.8) is 0 Å². The zero-order valence-corrected chi connectivity index (χ0v) is 9.60. The first-order valence-corrected chi connectivity index (χ1v) is 5.74. The van der Waals surface area contributed by atoms with Gasteiger partial charge in [-0.3, -0.25) is 9.78 Å². The highest BCUT2D eigenvalue weighted by Gasteiger charge is 2.25. The van der Waals surface area contributed by atoms with Gasteiger partial charge in [-0.2, -0.15) is 0 Å². The number of ether oxygens (including phenoxy) is 1. The van der Waals surface area contributed by atoms with E-state index >= 15 is 0 Å². The van der Waals surface area contributed by atoms with E-state index in [-0.39, 0.29) is 18.1 Å². The van der Waals surface area contributed by atoms with Crippen LogP contribution in [-0.2, 0) is 11.3 Å². The fourth-order valence-electron chi connectivity index (χ4n) is 2.28. The Morgan fingerprint density at radius 3 is 2.67 bits per heavy atom. The Kier molecular flexibility index (Phi) is 2.60. The minimum atomic E-state index is -0.471. The summed E-state index contributed by atoms with van der Waals surface area (Å²) in [5.74, 6) is -0.0926. The maximum atomic E-state index is 11.7. The van der Waals surface area contributed by atoms with Crippen molar-refractivity contribution in [2.45, 2.75) is 12.5 Å². The number of hydrogen-bond acceptors (Lipinski definition) is 3. The van der Waals surface area contributed by atoms with Gasteiger partial charge in [-0.25, -0.2) is 4.79 Å². The molecule has 0 bridgehead atoms. The predicted octanol–water partition coefficient (Wildman–Crippen LogP) is 0.725. The Hall–Kier alpha value is -2.14. The molecule has 1 aromatic heterocycles. The average Bonchev–Trinajstić information content (AvgIpc) is 2.39. The maximum absolute atomic E-state index is 11.7. The number of aromatic nitrogens is 2. The summed E-state index contributed by atoms with van der Waals surface area (Å²) in [5, 5.41) is 0. The SMILES string of the molecule is O=c1[nH]c2c(c(=O)[nH]1)COCC2c1ccccc1. The molecule has 2 heterocycles. The smallest absolute Gasteiger partial charge is 0.325 e. The van der Waals surface area contributed by atoms with Gasteiger partial charge in [-0.15, -0.1) is 0 Å². The zero-order chi connectivity index (χ0) is 12.5. The third kappa shape index (κ3) is 1.78. The number of benzene rings is 1. The van der Waals surface area contributed by atoms with E-state index in [0.29, 0.717) is 17.9 Å². The predicted molar refractivity (Wildman–Crippen MR) is 65.6 cm³/mol. The lowest BCUT2D eigenvalue weighted by molar-refractivity contribution is 0.0962. The van der Waals surface area contributed by atoms with Crippen LogP contribution in [0.1, 0.15) is 22.7 Å². The molecule has 1 unspecified atom stereocenters. The van der Waals surface area contributed by atoms with Gasteiger partial charge >= 0.3 is 5.69 Å². The van der Waals surface area contributed by atoms with Gasteiger partial charge in [0.1, 0.15) is 0 Å². The fourth-order valence-corrected chi connectivity index (χ4v) is 2.28. The summed E-state index contributed by atoms with van der Waals surface area (Å²) in [6.07, 6.45) is 0. The van der Waals surface area contributed by atoms with Gasteiger partial charge in [0.25, 0.3) is 5.56 Å².